The third-order valence-electron chi connectivity index (χ3n) is 3.32. The lowest BCUT2D eigenvalue weighted by molar-refractivity contribution is -0.123. The van der Waals surface area contributed by atoms with Crippen LogP contribution in [-0.4, -0.2) is 40.6 Å². The number of carboxylic acid groups (broad SMARTS) is 1. The van der Waals surface area contributed by atoms with Crippen molar-refractivity contribution in [2.75, 3.05) is 18.4 Å². The highest BCUT2D eigenvalue weighted by atomic mass is 32.1. The zero-order valence-corrected chi connectivity index (χ0v) is 13.8. The van der Waals surface area contributed by atoms with E-state index >= 15 is 0 Å². The summed E-state index contributed by atoms with van der Waals surface area (Å²) >= 11 is 1.42. The molecule has 0 aliphatic rings. The number of nitrogens with one attached hydrogen (secondary N) is 3. The molecule has 1 unspecified atom stereocenters. The fourth-order valence-electron chi connectivity index (χ4n) is 2.16. The predicted molar refractivity (Wildman–Crippen MR) is 90.9 cm³/mol. The Hall–Kier alpha value is -2.35. The molecular formula is C15H20N4O3S. The summed E-state index contributed by atoms with van der Waals surface area (Å²) in [7, 11) is 0. The maximum Gasteiger partial charge on any atom is 0.405 e. The van der Waals surface area contributed by atoms with E-state index in [4.69, 9.17) is 5.11 Å². The van der Waals surface area contributed by atoms with Gasteiger partial charge in [0.15, 0.2) is 0 Å². The van der Waals surface area contributed by atoms with Crippen LogP contribution in [0.1, 0.15) is 13.8 Å². The molecule has 4 N–H and O–H groups in total. The van der Waals surface area contributed by atoms with Crippen LogP contribution < -0.4 is 16.0 Å². The first-order chi connectivity index (χ1) is 11.0. The van der Waals surface area contributed by atoms with Gasteiger partial charge in [0.1, 0.15) is 11.9 Å². The van der Waals surface area contributed by atoms with Crippen LogP contribution in [0.3, 0.4) is 0 Å². The van der Waals surface area contributed by atoms with Gasteiger partial charge in [0.2, 0.25) is 5.91 Å². The number of benzene rings is 1. The fraction of sp³-hybridized carbons (Fsp3) is 0.400. The summed E-state index contributed by atoms with van der Waals surface area (Å²) in [6, 6.07) is 7.16. The second-order valence-electron chi connectivity index (χ2n) is 5.42. The Labute approximate surface area is 138 Å². The van der Waals surface area contributed by atoms with Crippen LogP contribution >= 0.6 is 11.5 Å². The third-order valence-corrected chi connectivity index (χ3v) is 4.15. The molecule has 0 spiro atoms. The number of rotatable bonds is 7. The highest BCUT2D eigenvalue weighted by Gasteiger charge is 2.23. The van der Waals surface area contributed by atoms with E-state index in [1.165, 1.54) is 11.5 Å². The molecule has 1 atom stereocenters. The number of hydrogen-bond donors (Lipinski definition) is 4. The third kappa shape index (κ3) is 4.56. The van der Waals surface area contributed by atoms with Crippen LogP contribution in [0.25, 0.3) is 10.1 Å². The van der Waals surface area contributed by atoms with Crippen LogP contribution in [-0.2, 0) is 4.79 Å². The van der Waals surface area contributed by atoms with Crippen LogP contribution in [0, 0.1) is 5.92 Å². The van der Waals surface area contributed by atoms with E-state index in [-0.39, 0.29) is 11.8 Å². The van der Waals surface area contributed by atoms with Gasteiger partial charge in [-0.2, -0.15) is 4.37 Å². The Kier molecular flexibility index (Phi) is 5.75. The van der Waals surface area contributed by atoms with E-state index in [0.717, 1.165) is 15.9 Å². The first-order valence-corrected chi connectivity index (χ1v) is 8.12. The number of aromatic nitrogens is 1. The standard InChI is InChI=1S/C15H20N4O3S/c1-9(2)12(18-15(21)22)14(20)17-8-7-16-13-10-5-3-4-6-11(10)23-19-13/h3-6,9,12,18H,7-8H2,1-2H3,(H,16,19)(H,17,20)(H,21,22). The summed E-state index contributed by atoms with van der Waals surface area (Å²) in [5, 5.41) is 18.0. The number of carbonyl (C=O) groups excluding carboxylic acids is 1. The van der Waals surface area contributed by atoms with Crippen molar-refractivity contribution in [1.82, 2.24) is 15.0 Å². The number of nitrogens with zero attached hydrogens (tertiary/aromatic N) is 1. The lowest BCUT2D eigenvalue weighted by Crippen LogP contribution is -2.50. The summed E-state index contributed by atoms with van der Waals surface area (Å²) in [6.07, 6.45) is -1.20. The summed E-state index contributed by atoms with van der Waals surface area (Å²) in [5.41, 5.74) is 0. The fourth-order valence-corrected chi connectivity index (χ4v) is 2.91. The quantitative estimate of drug-likeness (QED) is 0.580. The Morgan fingerprint density at radius 3 is 2.70 bits per heavy atom. The molecule has 0 radical (unpaired) electrons. The van der Waals surface area contributed by atoms with Gasteiger partial charge in [0.05, 0.1) is 4.70 Å². The van der Waals surface area contributed by atoms with Crippen LogP contribution in [0.2, 0.25) is 0 Å². The van der Waals surface area contributed by atoms with Crippen LogP contribution in [0.15, 0.2) is 24.3 Å². The number of fused-ring (bicyclic) bond motifs is 1. The summed E-state index contributed by atoms with van der Waals surface area (Å²) in [6.45, 7) is 4.48. The van der Waals surface area contributed by atoms with Crippen molar-refractivity contribution in [2.24, 2.45) is 5.92 Å². The lowest BCUT2D eigenvalue weighted by atomic mass is 10.0. The van der Waals surface area contributed by atoms with Gasteiger partial charge in [-0.05, 0) is 29.6 Å². The smallest absolute Gasteiger partial charge is 0.405 e. The molecule has 2 amide bonds. The van der Waals surface area contributed by atoms with Crippen molar-refractivity contribution in [3.63, 3.8) is 0 Å². The molecule has 1 aromatic heterocycles. The van der Waals surface area contributed by atoms with E-state index in [1.54, 1.807) is 13.8 Å². The molecule has 23 heavy (non-hydrogen) atoms. The highest BCUT2D eigenvalue weighted by Crippen LogP contribution is 2.25. The molecule has 0 aliphatic carbocycles. The molecule has 1 heterocycles. The summed E-state index contributed by atoms with van der Waals surface area (Å²) in [4.78, 5) is 22.7. The molecule has 0 aliphatic heterocycles. The number of amides is 2. The van der Waals surface area contributed by atoms with E-state index in [2.05, 4.69) is 20.3 Å². The maximum absolute atomic E-state index is 12.0. The predicted octanol–water partition coefficient (Wildman–Crippen LogP) is 2.12. The van der Waals surface area contributed by atoms with Crippen molar-refractivity contribution < 1.29 is 14.7 Å². The van der Waals surface area contributed by atoms with E-state index in [9.17, 15) is 9.59 Å². The van der Waals surface area contributed by atoms with Gasteiger partial charge in [-0.1, -0.05) is 26.0 Å². The summed E-state index contributed by atoms with van der Waals surface area (Å²) < 4.78 is 5.44. The molecule has 0 saturated carbocycles. The molecule has 124 valence electrons. The van der Waals surface area contributed by atoms with Crippen LogP contribution in [0.4, 0.5) is 10.6 Å². The number of carbonyl (C=O) groups is 2. The monoisotopic (exact) mass is 336 g/mol. The summed E-state index contributed by atoms with van der Waals surface area (Å²) in [5.74, 6) is 0.345. The molecule has 2 aromatic rings. The second-order valence-corrected chi connectivity index (χ2v) is 6.22. The van der Waals surface area contributed by atoms with Gasteiger partial charge in [-0.15, -0.1) is 0 Å². The van der Waals surface area contributed by atoms with Gasteiger partial charge < -0.3 is 21.1 Å². The minimum Gasteiger partial charge on any atom is -0.465 e. The average Bonchev–Trinajstić information content (AvgIpc) is 2.92. The molecular weight excluding hydrogens is 316 g/mol. The van der Waals surface area contributed by atoms with Gasteiger partial charge >= 0.3 is 6.09 Å². The first-order valence-electron chi connectivity index (χ1n) is 7.34. The van der Waals surface area contributed by atoms with Gasteiger partial charge in [0.25, 0.3) is 0 Å². The average molecular weight is 336 g/mol. The number of hydrogen-bond acceptors (Lipinski definition) is 5. The Morgan fingerprint density at radius 2 is 2.00 bits per heavy atom. The molecule has 8 heteroatoms. The maximum atomic E-state index is 12.0. The largest absolute Gasteiger partial charge is 0.465 e. The lowest BCUT2D eigenvalue weighted by Gasteiger charge is -2.20. The Balaban J connectivity index is 1.82. The van der Waals surface area contributed by atoms with Crippen molar-refractivity contribution in [3.05, 3.63) is 24.3 Å². The van der Waals surface area contributed by atoms with Crippen molar-refractivity contribution in [1.29, 1.82) is 0 Å². The normalized spacial score (nSPS) is 12.1. The van der Waals surface area contributed by atoms with Gasteiger partial charge in [0, 0.05) is 18.5 Å². The first kappa shape index (κ1) is 17.0. The topological polar surface area (TPSA) is 103 Å². The zero-order valence-electron chi connectivity index (χ0n) is 13.0. The highest BCUT2D eigenvalue weighted by molar-refractivity contribution is 7.13. The Bertz CT molecular complexity index is 686. The van der Waals surface area contributed by atoms with Crippen LogP contribution in [0.5, 0.6) is 0 Å². The SMILES string of the molecule is CC(C)C(NC(=O)O)C(=O)NCCNc1nsc2ccccc12. The van der Waals surface area contributed by atoms with Gasteiger partial charge in [-0.3, -0.25) is 4.79 Å². The molecule has 1 aromatic carbocycles. The van der Waals surface area contributed by atoms with Gasteiger partial charge in [-0.25, -0.2) is 4.79 Å². The molecule has 0 saturated heterocycles. The van der Waals surface area contributed by atoms with Crippen molar-refractivity contribution >= 4 is 39.4 Å². The van der Waals surface area contributed by atoms with Crippen molar-refractivity contribution in [3.8, 4) is 0 Å². The van der Waals surface area contributed by atoms with E-state index < -0.39 is 12.1 Å². The molecule has 0 bridgehead atoms. The van der Waals surface area contributed by atoms with E-state index in [0.29, 0.717) is 13.1 Å². The minimum atomic E-state index is -1.20. The molecule has 2 rings (SSSR count). The number of anilines is 1. The minimum absolute atomic E-state index is 0.124. The second kappa shape index (κ2) is 7.77. The van der Waals surface area contributed by atoms with E-state index in [1.807, 2.05) is 24.3 Å². The van der Waals surface area contributed by atoms with Crippen molar-refractivity contribution in [2.45, 2.75) is 19.9 Å². The Morgan fingerprint density at radius 1 is 1.26 bits per heavy atom. The zero-order chi connectivity index (χ0) is 16.8. The molecule has 0 fully saturated rings. The molecule has 7 nitrogen and oxygen atoms in total.